The lowest BCUT2D eigenvalue weighted by atomic mass is 9.90. The Balaban J connectivity index is 1.92. The molecule has 3 aromatic rings. The van der Waals surface area contributed by atoms with E-state index in [0.717, 1.165) is 36.2 Å². The van der Waals surface area contributed by atoms with E-state index in [0.29, 0.717) is 22.9 Å². The number of carbonyl (C=O) groups excluding carboxylic acids is 1. The molecule has 3 rings (SSSR count). The molecule has 0 saturated carbocycles. The Morgan fingerprint density at radius 3 is 2.78 bits per heavy atom. The SMILES string of the molecule is CC(C)(C)CCCN(C=O)c1cccc(-c2cc(Cl)c3c(N)ncnn23)c1. The average molecular weight is 386 g/mol. The highest BCUT2D eigenvalue weighted by Crippen LogP contribution is 2.32. The summed E-state index contributed by atoms with van der Waals surface area (Å²) in [5.41, 5.74) is 9.29. The molecule has 0 radical (unpaired) electrons. The molecule has 27 heavy (non-hydrogen) atoms. The van der Waals surface area contributed by atoms with E-state index in [2.05, 4.69) is 30.9 Å². The minimum absolute atomic E-state index is 0.248. The first kappa shape index (κ1) is 19.2. The van der Waals surface area contributed by atoms with Crippen molar-refractivity contribution in [3.8, 4) is 11.3 Å². The fraction of sp³-hybridized carbons (Fsp3) is 0.350. The lowest BCUT2D eigenvalue weighted by Gasteiger charge is -2.22. The molecule has 1 amide bonds. The molecule has 0 spiro atoms. The Morgan fingerprint density at radius 2 is 2.07 bits per heavy atom. The Labute approximate surface area is 163 Å². The maximum Gasteiger partial charge on any atom is 0.214 e. The summed E-state index contributed by atoms with van der Waals surface area (Å²) in [4.78, 5) is 17.4. The molecule has 0 saturated heterocycles. The van der Waals surface area contributed by atoms with Crippen molar-refractivity contribution < 1.29 is 4.79 Å². The number of nitrogens with zero attached hydrogens (tertiary/aromatic N) is 4. The Kier molecular flexibility index (Phi) is 5.37. The summed E-state index contributed by atoms with van der Waals surface area (Å²) in [6, 6.07) is 9.57. The van der Waals surface area contributed by atoms with Crippen molar-refractivity contribution in [2.45, 2.75) is 33.6 Å². The number of benzene rings is 1. The van der Waals surface area contributed by atoms with Gasteiger partial charge in [0.2, 0.25) is 6.41 Å². The van der Waals surface area contributed by atoms with E-state index < -0.39 is 0 Å². The van der Waals surface area contributed by atoms with Crippen LogP contribution in [-0.4, -0.2) is 27.6 Å². The molecular formula is C20H24ClN5O. The lowest BCUT2D eigenvalue weighted by molar-refractivity contribution is -0.107. The number of nitrogen functional groups attached to an aromatic ring is 1. The van der Waals surface area contributed by atoms with Crippen molar-refractivity contribution in [1.29, 1.82) is 0 Å². The number of fused-ring (bicyclic) bond motifs is 1. The number of halogens is 1. The Bertz CT molecular complexity index is 961. The molecule has 0 aliphatic carbocycles. The fourth-order valence-electron chi connectivity index (χ4n) is 3.09. The number of amides is 1. The van der Waals surface area contributed by atoms with Gasteiger partial charge in [0.15, 0.2) is 5.82 Å². The Hall–Kier alpha value is -2.60. The summed E-state index contributed by atoms with van der Waals surface area (Å²) in [5, 5.41) is 4.76. The number of nitrogens with two attached hydrogens (primary N) is 1. The zero-order valence-corrected chi connectivity index (χ0v) is 16.6. The van der Waals surface area contributed by atoms with Crippen LogP contribution < -0.4 is 10.6 Å². The summed E-state index contributed by atoms with van der Waals surface area (Å²) >= 11 is 6.33. The largest absolute Gasteiger partial charge is 0.382 e. The third-order valence-electron chi connectivity index (χ3n) is 4.46. The van der Waals surface area contributed by atoms with Crippen LogP contribution in [0.4, 0.5) is 11.5 Å². The first-order valence-electron chi connectivity index (χ1n) is 8.90. The minimum atomic E-state index is 0.248. The molecular weight excluding hydrogens is 362 g/mol. The van der Waals surface area contributed by atoms with Gasteiger partial charge in [-0.1, -0.05) is 44.5 Å². The van der Waals surface area contributed by atoms with Crippen molar-refractivity contribution in [2.75, 3.05) is 17.2 Å². The maximum atomic E-state index is 11.6. The van der Waals surface area contributed by atoms with Gasteiger partial charge in [-0.3, -0.25) is 4.79 Å². The summed E-state index contributed by atoms with van der Waals surface area (Å²) in [6.07, 6.45) is 4.27. The lowest BCUT2D eigenvalue weighted by Crippen LogP contribution is -2.23. The minimum Gasteiger partial charge on any atom is -0.382 e. The topological polar surface area (TPSA) is 76.5 Å². The second-order valence-electron chi connectivity index (χ2n) is 7.80. The van der Waals surface area contributed by atoms with Crippen LogP contribution in [0.15, 0.2) is 36.7 Å². The van der Waals surface area contributed by atoms with Gasteiger partial charge in [-0.05, 0) is 36.5 Å². The first-order valence-corrected chi connectivity index (χ1v) is 9.28. The van der Waals surface area contributed by atoms with E-state index >= 15 is 0 Å². The number of carbonyl (C=O) groups is 1. The van der Waals surface area contributed by atoms with Crippen LogP contribution >= 0.6 is 11.6 Å². The predicted octanol–water partition coefficient (Wildman–Crippen LogP) is 4.42. The molecule has 0 bridgehead atoms. The van der Waals surface area contributed by atoms with Crippen molar-refractivity contribution in [3.63, 3.8) is 0 Å². The molecule has 2 aromatic heterocycles. The molecule has 0 unspecified atom stereocenters. The van der Waals surface area contributed by atoms with Crippen LogP contribution in [0.5, 0.6) is 0 Å². The highest BCUT2D eigenvalue weighted by Gasteiger charge is 2.16. The second kappa shape index (κ2) is 7.56. The van der Waals surface area contributed by atoms with Crippen molar-refractivity contribution >= 4 is 35.0 Å². The van der Waals surface area contributed by atoms with E-state index in [1.54, 1.807) is 9.42 Å². The fourth-order valence-corrected chi connectivity index (χ4v) is 3.37. The van der Waals surface area contributed by atoms with E-state index in [1.807, 2.05) is 30.3 Å². The molecule has 0 atom stereocenters. The molecule has 6 nitrogen and oxygen atoms in total. The predicted molar refractivity (Wildman–Crippen MR) is 110 cm³/mol. The average Bonchev–Trinajstić information content (AvgIpc) is 2.96. The van der Waals surface area contributed by atoms with E-state index in [-0.39, 0.29) is 5.41 Å². The van der Waals surface area contributed by atoms with E-state index in [1.165, 1.54) is 6.33 Å². The smallest absolute Gasteiger partial charge is 0.214 e. The first-order chi connectivity index (χ1) is 12.8. The van der Waals surface area contributed by atoms with Gasteiger partial charge in [0.25, 0.3) is 0 Å². The molecule has 7 heteroatoms. The third-order valence-corrected chi connectivity index (χ3v) is 4.75. The van der Waals surface area contributed by atoms with Gasteiger partial charge in [-0.15, -0.1) is 0 Å². The summed E-state index contributed by atoms with van der Waals surface area (Å²) < 4.78 is 1.68. The second-order valence-corrected chi connectivity index (χ2v) is 8.20. The van der Waals surface area contributed by atoms with Crippen molar-refractivity contribution in [2.24, 2.45) is 5.41 Å². The van der Waals surface area contributed by atoms with Gasteiger partial charge < -0.3 is 10.6 Å². The van der Waals surface area contributed by atoms with Crippen LogP contribution in [0.3, 0.4) is 0 Å². The van der Waals surface area contributed by atoms with Gasteiger partial charge in [0.05, 0.1) is 10.7 Å². The number of rotatable bonds is 6. The van der Waals surface area contributed by atoms with Crippen LogP contribution in [0.25, 0.3) is 16.8 Å². The molecule has 2 heterocycles. The molecule has 0 fully saturated rings. The van der Waals surface area contributed by atoms with Crippen LogP contribution in [0.1, 0.15) is 33.6 Å². The van der Waals surface area contributed by atoms with Gasteiger partial charge >= 0.3 is 0 Å². The maximum absolute atomic E-state index is 11.6. The van der Waals surface area contributed by atoms with Gasteiger partial charge in [0.1, 0.15) is 11.8 Å². The zero-order valence-electron chi connectivity index (χ0n) is 15.8. The van der Waals surface area contributed by atoms with Gasteiger partial charge in [-0.25, -0.2) is 9.50 Å². The van der Waals surface area contributed by atoms with Crippen molar-refractivity contribution in [3.05, 3.63) is 41.7 Å². The molecule has 2 N–H and O–H groups in total. The van der Waals surface area contributed by atoms with Crippen LogP contribution in [0, 0.1) is 5.41 Å². The van der Waals surface area contributed by atoms with Crippen LogP contribution in [-0.2, 0) is 4.79 Å². The van der Waals surface area contributed by atoms with Crippen LogP contribution in [0.2, 0.25) is 5.02 Å². The van der Waals surface area contributed by atoms with Gasteiger partial charge in [0, 0.05) is 17.8 Å². The normalized spacial score (nSPS) is 11.7. The number of hydrogen-bond acceptors (Lipinski definition) is 4. The highest BCUT2D eigenvalue weighted by atomic mass is 35.5. The number of hydrogen-bond donors (Lipinski definition) is 1. The van der Waals surface area contributed by atoms with Crippen molar-refractivity contribution in [1.82, 2.24) is 14.6 Å². The molecule has 142 valence electrons. The zero-order chi connectivity index (χ0) is 19.6. The van der Waals surface area contributed by atoms with Gasteiger partial charge in [-0.2, -0.15) is 5.10 Å². The van der Waals surface area contributed by atoms with E-state index in [9.17, 15) is 4.79 Å². The molecule has 0 aliphatic heterocycles. The monoisotopic (exact) mass is 385 g/mol. The summed E-state index contributed by atoms with van der Waals surface area (Å²) in [5.74, 6) is 0.328. The summed E-state index contributed by atoms with van der Waals surface area (Å²) in [7, 11) is 0. The number of anilines is 2. The Morgan fingerprint density at radius 1 is 1.30 bits per heavy atom. The number of aromatic nitrogens is 3. The standard InChI is InChI=1S/C20H24ClN5O/c1-20(2,3)8-5-9-25(13-27)15-7-4-6-14(10-15)17-11-16(21)18-19(22)23-12-24-26(17)18/h4,6-7,10-13H,5,8-9H2,1-3H3,(H2,22,23,24). The molecule has 1 aromatic carbocycles. The highest BCUT2D eigenvalue weighted by molar-refractivity contribution is 6.35. The molecule has 0 aliphatic rings. The summed E-state index contributed by atoms with van der Waals surface area (Å²) in [6.45, 7) is 7.28. The quantitative estimate of drug-likeness (QED) is 0.637. The third kappa shape index (κ3) is 4.22. The van der Waals surface area contributed by atoms with E-state index in [4.69, 9.17) is 17.3 Å².